The van der Waals surface area contributed by atoms with Gasteiger partial charge in [0.05, 0.1) is 13.2 Å². The monoisotopic (exact) mass is 436 g/mol. The summed E-state index contributed by atoms with van der Waals surface area (Å²) >= 11 is 0. The minimum Gasteiger partial charge on any atom is -0.383 e. The number of ether oxygens (including phenoxy) is 1. The van der Waals surface area contributed by atoms with Crippen LogP contribution in [0.15, 0.2) is 42.5 Å². The molecule has 0 unspecified atom stereocenters. The number of carbonyl (C=O) groups is 1. The normalized spacial score (nSPS) is 15.9. The molecule has 1 aromatic heterocycles. The highest BCUT2D eigenvalue weighted by atomic mass is 19.1. The Kier molecular flexibility index (Phi) is 5.22. The van der Waals surface area contributed by atoms with Crippen molar-refractivity contribution in [1.29, 1.82) is 0 Å². The van der Waals surface area contributed by atoms with Gasteiger partial charge in [0, 0.05) is 47.6 Å². The number of hydrogen-bond donors (Lipinski definition) is 2. The first kappa shape index (κ1) is 20.4. The van der Waals surface area contributed by atoms with Crippen molar-refractivity contribution in [3.63, 3.8) is 0 Å². The predicted octanol–water partition coefficient (Wildman–Crippen LogP) is 3.40. The molecular formula is C24H22F2N4O2. The van der Waals surface area contributed by atoms with Gasteiger partial charge < -0.3 is 20.7 Å². The lowest BCUT2D eigenvalue weighted by Gasteiger charge is -2.29. The van der Waals surface area contributed by atoms with Crippen LogP contribution in [-0.2, 0) is 11.2 Å². The maximum atomic E-state index is 15.0. The van der Waals surface area contributed by atoms with Crippen molar-refractivity contribution in [2.45, 2.75) is 6.42 Å². The van der Waals surface area contributed by atoms with Crippen LogP contribution in [0, 0.1) is 11.8 Å². The molecule has 1 saturated heterocycles. The number of nitrogen functional groups attached to an aromatic ring is 1. The van der Waals surface area contributed by atoms with Crippen molar-refractivity contribution in [3.05, 3.63) is 65.4 Å². The van der Waals surface area contributed by atoms with Gasteiger partial charge >= 0.3 is 0 Å². The molecule has 3 N–H and O–H groups in total. The number of amides is 1. The second-order valence-electron chi connectivity index (χ2n) is 7.90. The predicted molar refractivity (Wildman–Crippen MR) is 119 cm³/mol. The van der Waals surface area contributed by atoms with Crippen LogP contribution in [0.25, 0.3) is 22.3 Å². The molecule has 1 fully saturated rings. The van der Waals surface area contributed by atoms with Crippen LogP contribution < -0.4 is 16.0 Å². The van der Waals surface area contributed by atoms with E-state index in [0.717, 1.165) is 11.3 Å². The fourth-order valence-electron chi connectivity index (χ4n) is 4.26. The summed E-state index contributed by atoms with van der Waals surface area (Å²) in [6, 6.07) is 11.6. The molecule has 2 aromatic carbocycles. The largest absolute Gasteiger partial charge is 0.383 e. The molecule has 5 rings (SSSR count). The molecule has 0 bridgehead atoms. The van der Waals surface area contributed by atoms with Crippen molar-refractivity contribution in [2.75, 3.05) is 43.5 Å². The minimum atomic E-state index is -0.832. The first-order valence-electron chi connectivity index (χ1n) is 10.5. The topological polar surface area (TPSA) is 80.5 Å². The Morgan fingerprint density at radius 2 is 1.75 bits per heavy atom. The third kappa shape index (κ3) is 3.67. The highest BCUT2D eigenvalue weighted by Gasteiger charge is 2.21. The molecule has 0 aliphatic carbocycles. The standard InChI is InChI=1S/C24H22F2N4O2/c25-21-12-16(30-7-9-32-10-8-30)2-4-18(21)20-13-19(23(27)29-22(20)26)14-1-3-17-15(11-14)5-6-28-24(17)31/h1-4,11-13H,5-10H2,(H2,27,29)(H,28,31). The van der Waals surface area contributed by atoms with E-state index in [2.05, 4.69) is 10.3 Å². The smallest absolute Gasteiger partial charge is 0.251 e. The second kappa shape index (κ2) is 8.20. The van der Waals surface area contributed by atoms with Crippen LogP contribution in [0.4, 0.5) is 20.3 Å². The van der Waals surface area contributed by atoms with Crippen molar-refractivity contribution < 1.29 is 18.3 Å². The molecule has 2 aliphatic rings. The van der Waals surface area contributed by atoms with Crippen LogP contribution in [0.2, 0.25) is 0 Å². The lowest BCUT2D eigenvalue weighted by Crippen LogP contribution is -2.36. The summed E-state index contributed by atoms with van der Waals surface area (Å²) in [4.78, 5) is 17.9. The van der Waals surface area contributed by atoms with Gasteiger partial charge in [-0.05, 0) is 47.9 Å². The Labute approximate surface area is 184 Å². The molecule has 0 atom stereocenters. The molecule has 6 nitrogen and oxygen atoms in total. The van der Waals surface area contributed by atoms with E-state index in [-0.39, 0.29) is 22.9 Å². The number of nitrogens with two attached hydrogens (primary N) is 1. The maximum absolute atomic E-state index is 15.0. The third-order valence-corrected chi connectivity index (χ3v) is 5.97. The molecule has 3 heterocycles. The van der Waals surface area contributed by atoms with E-state index in [1.54, 1.807) is 24.3 Å². The summed E-state index contributed by atoms with van der Waals surface area (Å²) in [7, 11) is 0. The van der Waals surface area contributed by atoms with Gasteiger partial charge in [0.2, 0.25) is 5.95 Å². The number of fused-ring (bicyclic) bond motifs is 1. The summed E-state index contributed by atoms with van der Waals surface area (Å²) in [5, 5.41) is 2.80. The number of pyridine rings is 1. The third-order valence-electron chi connectivity index (χ3n) is 5.97. The van der Waals surface area contributed by atoms with E-state index in [4.69, 9.17) is 10.5 Å². The zero-order chi connectivity index (χ0) is 22.2. The number of halogens is 2. The first-order chi connectivity index (χ1) is 15.5. The molecule has 32 heavy (non-hydrogen) atoms. The van der Waals surface area contributed by atoms with E-state index < -0.39 is 11.8 Å². The average molecular weight is 436 g/mol. The molecule has 0 spiro atoms. The van der Waals surface area contributed by atoms with Crippen LogP contribution in [0.5, 0.6) is 0 Å². The number of aromatic nitrogens is 1. The summed E-state index contributed by atoms with van der Waals surface area (Å²) in [5.74, 6) is -1.47. The minimum absolute atomic E-state index is 0.0109. The number of anilines is 2. The number of carbonyl (C=O) groups excluding carboxylic acids is 1. The molecule has 3 aromatic rings. The van der Waals surface area contributed by atoms with Crippen LogP contribution >= 0.6 is 0 Å². The second-order valence-corrected chi connectivity index (χ2v) is 7.90. The quantitative estimate of drug-likeness (QED) is 0.616. The van der Waals surface area contributed by atoms with Gasteiger partial charge in [0.25, 0.3) is 5.91 Å². The van der Waals surface area contributed by atoms with Gasteiger partial charge in [-0.3, -0.25) is 4.79 Å². The van der Waals surface area contributed by atoms with E-state index in [0.29, 0.717) is 56.0 Å². The lowest BCUT2D eigenvalue weighted by molar-refractivity contribution is 0.0946. The van der Waals surface area contributed by atoms with E-state index in [1.807, 2.05) is 11.0 Å². The number of hydrogen-bond acceptors (Lipinski definition) is 5. The van der Waals surface area contributed by atoms with Crippen molar-refractivity contribution in [3.8, 4) is 22.3 Å². The Bertz CT molecular complexity index is 1210. The average Bonchev–Trinajstić information content (AvgIpc) is 2.80. The lowest BCUT2D eigenvalue weighted by atomic mass is 9.94. The molecular weight excluding hydrogens is 414 g/mol. The Morgan fingerprint density at radius 1 is 0.969 bits per heavy atom. The fourth-order valence-corrected chi connectivity index (χ4v) is 4.26. The van der Waals surface area contributed by atoms with Gasteiger partial charge in [-0.15, -0.1) is 0 Å². The molecule has 2 aliphatic heterocycles. The zero-order valence-electron chi connectivity index (χ0n) is 17.3. The summed E-state index contributed by atoms with van der Waals surface area (Å²) in [5.41, 5.74) is 9.60. The van der Waals surface area contributed by atoms with E-state index in [9.17, 15) is 9.18 Å². The van der Waals surface area contributed by atoms with E-state index >= 15 is 4.39 Å². The number of benzene rings is 2. The van der Waals surface area contributed by atoms with Crippen molar-refractivity contribution >= 4 is 17.4 Å². The van der Waals surface area contributed by atoms with Crippen molar-refractivity contribution in [2.24, 2.45) is 0 Å². The van der Waals surface area contributed by atoms with Crippen molar-refractivity contribution in [1.82, 2.24) is 10.3 Å². The van der Waals surface area contributed by atoms with Gasteiger partial charge in [-0.2, -0.15) is 4.39 Å². The summed E-state index contributed by atoms with van der Waals surface area (Å²) in [6.07, 6.45) is 0.688. The Morgan fingerprint density at radius 3 is 2.53 bits per heavy atom. The van der Waals surface area contributed by atoms with Gasteiger partial charge in [0.1, 0.15) is 11.6 Å². The van der Waals surface area contributed by atoms with Crippen LogP contribution in [0.3, 0.4) is 0 Å². The molecule has 1 amide bonds. The Balaban J connectivity index is 1.54. The number of morpholine rings is 1. The van der Waals surface area contributed by atoms with Gasteiger partial charge in [0.15, 0.2) is 0 Å². The van der Waals surface area contributed by atoms with E-state index in [1.165, 1.54) is 12.1 Å². The molecule has 8 heteroatoms. The van der Waals surface area contributed by atoms with Crippen LogP contribution in [-0.4, -0.2) is 43.7 Å². The molecule has 0 radical (unpaired) electrons. The molecule has 164 valence electrons. The zero-order valence-corrected chi connectivity index (χ0v) is 17.3. The number of nitrogens with zero attached hydrogens (tertiary/aromatic N) is 2. The summed E-state index contributed by atoms with van der Waals surface area (Å²) in [6.45, 7) is 3.09. The number of nitrogens with one attached hydrogen (secondary N) is 1. The first-order valence-corrected chi connectivity index (χ1v) is 10.5. The van der Waals surface area contributed by atoms with Crippen LogP contribution in [0.1, 0.15) is 15.9 Å². The Hall–Kier alpha value is -3.52. The fraction of sp³-hybridized carbons (Fsp3) is 0.250. The SMILES string of the molecule is Nc1nc(F)c(-c2ccc(N3CCOCC3)cc2F)cc1-c1ccc2c(c1)CCNC2=O. The van der Waals surface area contributed by atoms with Gasteiger partial charge in [-0.25, -0.2) is 9.37 Å². The summed E-state index contributed by atoms with van der Waals surface area (Å²) < 4.78 is 35.1. The van der Waals surface area contributed by atoms with Gasteiger partial charge in [-0.1, -0.05) is 12.1 Å². The maximum Gasteiger partial charge on any atom is 0.251 e. The molecule has 0 saturated carbocycles. The number of rotatable bonds is 3. The highest BCUT2D eigenvalue weighted by molar-refractivity contribution is 5.97. The highest BCUT2D eigenvalue weighted by Crippen LogP contribution is 2.35.